The number of imidazole rings is 1. The monoisotopic (exact) mass is 506 g/mol. The van der Waals surface area contributed by atoms with Crippen LogP contribution >= 0.6 is 0 Å². The van der Waals surface area contributed by atoms with E-state index < -0.39 is 23.4 Å². The number of carbonyl (C=O) groups excluding carboxylic acids is 3. The fourth-order valence-electron chi connectivity index (χ4n) is 3.40. The second-order valence-electron chi connectivity index (χ2n) is 9.37. The fourth-order valence-corrected chi connectivity index (χ4v) is 3.40. The molecule has 0 saturated heterocycles. The van der Waals surface area contributed by atoms with Crippen LogP contribution in [0.1, 0.15) is 37.9 Å². The number of amides is 3. The van der Waals surface area contributed by atoms with Crippen molar-refractivity contribution in [2.24, 2.45) is 5.73 Å². The van der Waals surface area contributed by atoms with E-state index in [2.05, 4.69) is 20.9 Å². The lowest BCUT2D eigenvalue weighted by Crippen LogP contribution is -2.56. The molecule has 3 amide bonds. The highest BCUT2D eigenvalue weighted by Gasteiger charge is 2.28. The molecule has 10 heteroatoms. The molecule has 3 rings (SSSR count). The first-order valence-corrected chi connectivity index (χ1v) is 12.0. The molecular formula is C27H34N6O4. The molecule has 37 heavy (non-hydrogen) atoms. The molecule has 0 radical (unpaired) electrons. The van der Waals surface area contributed by atoms with Crippen LogP contribution in [0.3, 0.4) is 0 Å². The van der Waals surface area contributed by atoms with E-state index in [0.717, 1.165) is 11.1 Å². The van der Waals surface area contributed by atoms with Crippen LogP contribution in [0, 0.1) is 0 Å². The van der Waals surface area contributed by atoms with Crippen molar-refractivity contribution >= 4 is 23.5 Å². The molecule has 0 fully saturated rings. The molecule has 0 spiro atoms. The van der Waals surface area contributed by atoms with E-state index in [9.17, 15) is 14.4 Å². The summed E-state index contributed by atoms with van der Waals surface area (Å²) in [5, 5.41) is 8.24. The predicted octanol–water partition coefficient (Wildman–Crippen LogP) is 2.14. The number of hydrogen-bond donors (Lipinski definition) is 4. The van der Waals surface area contributed by atoms with E-state index in [1.165, 1.54) is 6.33 Å². The van der Waals surface area contributed by atoms with E-state index in [0.29, 0.717) is 0 Å². The number of nitrogens with one attached hydrogen (secondary N) is 3. The van der Waals surface area contributed by atoms with Gasteiger partial charge in [-0.1, -0.05) is 60.7 Å². The number of nitrogens with zero attached hydrogens (tertiary/aromatic N) is 2. The van der Waals surface area contributed by atoms with E-state index in [4.69, 9.17) is 10.5 Å². The minimum absolute atomic E-state index is 0.0295. The van der Waals surface area contributed by atoms with Gasteiger partial charge in [0.25, 0.3) is 5.91 Å². The molecule has 2 atom stereocenters. The Labute approximate surface area is 216 Å². The maximum Gasteiger partial charge on any atom is 0.250 e. The van der Waals surface area contributed by atoms with Crippen LogP contribution in [-0.4, -0.2) is 45.5 Å². The third kappa shape index (κ3) is 8.85. The van der Waals surface area contributed by atoms with Gasteiger partial charge in [-0.3, -0.25) is 14.4 Å². The third-order valence-corrected chi connectivity index (χ3v) is 5.49. The summed E-state index contributed by atoms with van der Waals surface area (Å²) in [6.45, 7) is 5.24. The quantitative estimate of drug-likeness (QED) is 0.297. The van der Waals surface area contributed by atoms with Crippen molar-refractivity contribution in [3.8, 4) is 0 Å². The largest absolute Gasteiger partial charge is 0.374 e. The Kier molecular flexibility index (Phi) is 9.53. The summed E-state index contributed by atoms with van der Waals surface area (Å²) in [6, 6.07) is 18.0. The Hall–Kier alpha value is -4.02. The molecule has 3 aromatic rings. The van der Waals surface area contributed by atoms with Crippen molar-refractivity contribution in [1.29, 1.82) is 0 Å². The molecule has 0 aliphatic rings. The lowest BCUT2D eigenvalue weighted by molar-refractivity contribution is -0.130. The first kappa shape index (κ1) is 27.6. The van der Waals surface area contributed by atoms with Crippen LogP contribution < -0.4 is 21.7 Å². The molecule has 5 N–H and O–H groups in total. The van der Waals surface area contributed by atoms with Gasteiger partial charge in [0.2, 0.25) is 11.8 Å². The average molecular weight is 507 g/mol. The highest BCUT2D eigenvalue weighted by atomic mass is 16.5. The molecule has 196 valence electrons. The molecule has 0 aliphatic carbocycles. The normalized spacial score (nSPS) is 12.9. The standard InChI is InChI=1S/C27H34N6O4/c1-19(21-12-8-5-9-13-21)30-24(34)15-33-14-23(29-18-33)32-25(35)22(31-26(36)27(2,3)28)17-37-16-20-10-6-4-7-11-20/h4-14,18-19,22H,15-17,28H2,1-3H3,(H,30,34)(H,31,36)(H,32,35)/t19-,22+/m0/s1. The third-order valence-electron chi connectivity index (χ3n) is 5.49. The summed E-state index contributed by atoms with van der Waals surface area (Å²) >= 11 is 0. The van der Waals surface area contributed by atoms with Gasteiger partial charge < -0.3 is 31.0 Å². The van der Waals surface area contributed by atoms with Gasteiger partial charge in [-0.15, -0.1) is 0 Å². The topological polar surface area (TPSA) is 140 Å². The lowest BCUT2D eigenvalue weighted by atomic mass is 10.1. The van der Waals surface area contributed by atoms with Crippen LogP contribution in [0.25, 0.3) is 0 Å². The van der Waals surface area contributed by atoms with E-state index in [1.54, 1.807) is 24.6 Å². The summed E-state index contributed by atoms with van der Waals surface area (Å²) in [7, 11) is 0. The Morgan fingerprint density at radius 3 is 2.32 bits per heavy atom. The predicted molar refractivity (Wildman–Crippen MR) is 140 cm³/mol. The maximum absolute atomic E-state index is 13.0. The van der Waals surface area contributed by atoms with Gasteiger partial charge in [-0.2, -0.15) is 0 Å². The van der Waals surface area contributed by atoms with Gasteiger partial charge in [-0.25, -0.2) is 4.98 Å². The molecule has 0 bridgehead atoms. The van der Waals surface area contributed by atoms with E-state index in [1.807, 2.05) is 67.6 Å². The maximum atomic E-state index is 13.0. The Balaban J connectivity index is 1.57. The van der Waals surface area contributed by atoms with Crippen molar-refractivity contribution in [3.63, 3.8) is 0 Å². The molecule has 1 aromatic heterocycles. The van der Waals surface area contributed by atoms with Crippen molar-refractivity contribution in [1.82, 2.24) is 20.2 Å². The molecule has 0 saturated carbocycles. The lowest BCUT2D eigenvalue weighted by Gasteiger charge is -2.23. The summed E-state index contributed by atoms with van der Waals surface area (Å²) in [4.78, 5) is 42.0. The summed E-state index contributed by atoms with van der Waals surface area (Å²) in [5.41, 5.74) is 6.64. The number of hydrogen-bond acceptors (Lipinski definition) is 6. The number of nitrogens with two attached hydrogens (primary N) is 1. The van der Waals surface area contributed by atoms with E-state index >= 15 is 0 Å². The first-order valence-electron chi connectivity index (χ1n) is 12.0. The Morgan fingerprint density at radius 2 is 1.68 bits per heavy atom. The van der Waals surface area contributed by atoms with Crippen LogP contribution in [0.5, 0.6) is 0 Å². The van der Waals surface area contributed by atoms with E-state index in [-0.39, 0.29) is 37.5 Å². The second-order valence-corrected chi connectivity index (χ2v) is 9.37. The van der Waals surface area contributed by atoms with Crippen LogP contribution in [0.2, 0.25) is 0 Å². The van der Waals surface area contributed by atoms with Gasteiger partial charge in [0, 0.05) is 6.20 Å². The number of ether oxygens (including phenoxy) is 1. The number of anilines is 1. The molecule has 1 heterocycles. The summed E-state index contributed by atoms with van der Waals surface area (Å²) < 4.78 is 7.25. The molecular weight excluding hydrogens is 472 g/mol. The number of aromatic nitrogens is 2. The minimum atomic E-state index is -1.18. The van der Waals surface area contributed by atoms with Crippen LogP contribution in [0.15, 0.2) is 73.2 Å². The molecule has 2 aromatic carbocycles. The van der Waals surface area contributed by atoms with Crippen molar-refractivity contribution in [2.45, 2.75) is 51.5 Å². The minimum Gasteiger partial charge on any atom is -0.374 e. The molecule has 0 unspecified atom stereocenters. The first-order chi connectivity index (χ1) is 17.6. The van der Waals surface area contributed by atoms with Gasteiger partial charge in [0.15, 0.2) is 5.82 Å². The summed E-state index contributed by atoms with van der Waals surface area (Å²) in [5.74, 6) is -0.969. The zero-order valence-electron chi connectivity index (χ0n) is 21.3. The van der Waals surface area contributed by atoms with Gasteiger partial charge >= 0.3 is 0 Å². The van der Waals surface area contributed by atoms with Gasteiger partial charge in [-0.05, 0) is 31.9 Å². The zero-order chi connectivity index (χ0) is 26.8. The second kappa shape index (κ2) is 12.8. The number of benzene rings is 2. The molecule has 0 aliphatic heterocycles. The number of rotatable bonds is 12. The highest BCUT2D eigenvalue weighted by Crippen LogP contribution is 2.11. The Bertz CT molecular complexity index is 1170. The van der Waals surface area contributed by atoms with Crippen LogP contribution in [-0.2, 0) is 32.3 Å². The molecule has 10 nitrogen and oxygen atoms in total. The van der Waals surface area contributed by atoms with Crippen molar-refractivity contribution in [3.05, 3.63) is 84.3 Å². The van der Waals surface area contributed by atoms with Crippen molar-refractivity contribution < 1.29 is 19.1 Å². The zero-order valence-corrected chi connectivity index (χ0v) is 21.3. The Morgan fingerprint density at radius 1 is 1.03 bits per heavy atom. The van der Waals surface area contributed by atoms with Crippen molar-refractivity contribution in [2.75, 3.05) is 11.9 Å². The van der Waals surface area contributed by atoms with Crippen LogP contribution in [0.4, 0.5) is 5.82 Å². The summed E-state index contributed by atoms with van der Waals surface area (Å²) in [6.07, 6.45) is 2.99. The average Bonchev–Trinajstić information content (AvgIpc) is 3.30. The van der Waals surface area contributed by atoms with Gasteiger partial charge in [0.1, 0.15) is 12.6 Å². The van der Waals surface area contributed by atoms with Gasteiger partial charge in [0.05, 0.1) is 31.1 Å². The highest BCUT2D eigenvalue weighted by molar-refractivity contribution is 5.98. The number of carbonyl (C=O) groups is 3. The fraction of sp³-hybridized carbons (Fsp3) is 0.333. The smallest absolute Gasteiger partial charge is 0.250 e. The SMILES string of the molecule is C[C@H](NC(=O)Cn1cnc(NC(=O)[C@@H](COCc2ccccc2)NC(=O)C(C)(C)N)c1)c1ccccc1.